The zero-order chi connectivity index (χ0) is 19.7. The van der Waals surface area contributed by atoms with Crippen LogP contribution in [0.15, 0.2) is 30.3 Å². The summed E-state index contributed by atoms with van der Waals surface area (Å²) in [4.78, 5) is 47.6. The van der Waals surface area contributed by atoms with Crippen molar-refractivity contribution in [1.29, 1.82) is 0 Å². The van der Waals surface area contributed by atoms with Gasteiger partial charge in [-0.05, 0) is 25.0 Å². The summed E-state index contributed by atoms with van der Waals surface area (Å²) < 4.78 is 9.42. The molecule has 8 heteroatoms. The number of rotatable bonds is 7. The van der Waals surface area contributed by atoms with E-state index in [1.165, 1.54) is 6.92 Å². The average Bonchev–Trinajstić information content (AvgIpc) is 2.65. The Hall–Kier alpha value is -2.90. The number of carbonyl (C=O) groups is 4. The number of carbonyl (C=O) groups excluding carboxylic acids is 4. The first-order valence-corrected chi connectivity index (χ1v) is 8.25. The van der Waals surface area contributed by atoms with Crippen molar-refractivity contribution in [1.82, 2.24) is 10.6 Å². The molecule has 26 heavy (non-hydrogen) atoms. The molecule has 0 aliphatic carbocycles. The van der Waals surface area contributed by atoms with Crippen LogP contribution in [-0.4, -0.2) is 43.1 Å². The van der Waals surface area contributed by atoms with Crippen molar-refractivity contribution in [3.63, 3.8) is 0 Å². The minimum absolute atomic E-state index is 0.217. The summed E-state index contributed by atoms with van der Waals surface area (Å²) in [5.74, 6) is -2.20. The van der Waals surface area contributed by atoms with Crippen molar-refractivity contribution in [2.24, 2.45) is 5.92 Å². The SMILES string of the molecule is CC[C@H](C)[C@H](NC(=O)c1ccccc1)C(=O)O[C@H](C)C(=O)NC(=O)OC. The molecule has 0 aliphatic rings. The van der Waals surface area contributed by atoms with E-state index >= 15 is 0 Å². The normalized spacial score (nSPS) is 13.7. The largest absolute Gasteiger partial charge is 0.453 e. The maximum atomic E-state index is 12.4. The van der Waals surface area contributed by atoms with Gasteiger partial charge < -0.3 is 14.8 Å². The fourth-order valence-corrected chi connectivity index (χ4v) is 2.04. The number of imide groups is 1. The highest BCUT2D eigenvalue weighted by Crippen LogP contribution is 2.12. The summed E-state index contributed by atoms with van der Waals surface area (Å²) in [6, 6.07) is 7.52. The molecule has 0 spiro atoms. The number of nitrogens with one attached hydrogen (secondary N) is 2. The lowest BCUT2D eigenvalue weighted by atomic mass is 9.98. The van der Waals surface area contributed by atoms with Crippen LogP contribution in [0.25, 0.3) is 0 Å². The van der Waals surface area contributed by atoms with E-state index in [-0.39, 0.29) is 5.92 Å². The Morgan fingerprint density at radius 3 is 2.23 bits per heavy atom. The number of alkyl carbamates (subject to hydrolysis) is 1. The van der Waals surface area contributed by atoms with Gasteiger partial charge in [0.2, 0.25) is 0 Å². The third-order valence-electron chi connectivity index (χ3n) is 3.86. The van der Waals surface area contributed by atoms with Gasteiger partial charge in [-0.3, -0.25) is 14.9 Å². The molecule has 0 aromatic heterocycles. The van der Waals surface area contributed by atoms with Gasteiger partial charge in [0.15, 0.2) is 6.10 Å². The molecular formula is C18H24N2O6. The molecule has 3 atom stereocenters. The van der Waals surface area contributed by atoms with Gasteiger partial charge in [-0.1, -0.05) is 38.5 Å². The van der Waals surface area contributed by atoms with Gasteiger partial charge in [0, 0.05) is 5.56 Å². The molecule has 142 valence electrons. The van der Waals surface area contributed by atoms with Crippen LogP contribution in [0.4, 0.5) is 4.79 Å². The molecule has 0 unspecified atom stereocenters. The number of benzene rings is 1. The first-order chi connectivity index (χ1) is 12.3. The van der Waals surface area contributed by atoms with Crippen LogP contribution < -0.4 is 10.6 Å². The molecule has 0 bridgehead atoms. The summed E-state index contributed by atoms with van der Waals surface area (Å²) in [6.45, 7) is 4.98. The Labute approximate surface area is 152 Å². The van der Waals surface area contributed by atoms with Gasteiger partial charge in [-0.15, -0.1) is 0 Å². The Morgan fingerprint density at radius 1 is 1.08 bits per heavy atom. The van der Waals surface area contributed by atoms with Crippen LogP contribution in [0.3, 0.4) is 0 Å². The summed E-state index contributed by atoms with van der Waals surface area (Å²) in [5.41, 5.74) is 0.407. The van der Waals surface area contributed by atoms with E-state index in [1.54, 1.807) is 37.3 Å². The second kappa shape index (κ2) is 10.2. The van der Waals surface area contributed by atoms with E-state index in [0.29, 0.717) is 12.0 Å². The van der Waals surface area contributed by atoms with Crippen molar-refractivity contribution in [2.45, 2.75) is 39.3 Å². The molecule has 0 heterocycles. The van der Waals surface area contributed by atoms with Gasteiger partial charge in [0.05, 0.1) is 7.11 Å². The summed E-state index contributed by atoms with van der Waals surface area (Å²) in [5, 5.41) is 4.56. The predicted octanol–water partition coefficient (Wildman–Crippen LogP) is 1.65. The standard InChI is InChI=1S/C18H24N2O6/c1-5-11(2)14(19-16(22)13-9-7-6-8-10-13)17(23)26-12(3)15(21)20-18(24)25-4/h6-12,14H,5H2,1-4H3,(H,19,22)(H,20,21,24)/t11-,12+,14-/m0/s1. The molecule has 2 N–H and O–H groups in total. The molecule has 0 saturated carbocycles. The van der Waals surface area contributed by atoms with Gasteiger partial charge in [0.1, 0.15) is 6.04 Å². The maximum absolute atomic E-state index is 12.4. The first-order valence-electron chi connectivity index (χ1n) is 8.25. The topological polar surface area (TPSA) is 111 Å². The number of hydrogen-bond donors (Lipinski definition) is 2. The smallest absolute Gasteiger partial charge is 0.413 e. The Bertz CT molecular complexity index is 646. The molecule has 3 amide bonds. The van der Waals surface area contributed by atoms with E-state index < -0.39 is 36.0 Å². The minimum Gasteiger partial charge on any atom is -0.453 e. The molecular weight excluding hydrogens is 340 g/mol. The Kier molecular flexibility index (Phi) is 8.27. The number of ether oxygens (including phenoxy) is 2. The number of amides is 3. The van der Waals surface area contributed by atoms with E-state index in [9.17, 15) is 19.2 Å². The minimum atomic E-state index is -1.22. The van der Waals surface area contributed by atoms with E-state index in [2.05, 4.69) is 10.1 Å². The number of esters is 1. The predicted molar refractivity (Wildman–Crippen MR) is 93.3 cm³/mol. The van der Waals surface area contributed by atoms with Crippen LogP contribution >= 0.6 is 0 Å². The Balaban J connectivity index is 2.79. The molecule has 1 rings (SSSR count). The monoisotopic (exact) mass is 364 g/mol. The third kappa shape index (κ3) is 6.19. The highest BCUT2D eigenvalue weighted by Gasteiger charge is 2.30. The first kappa shape index (κ1) is 21.1. The van der Waals surface area contributed by atoms with Crippen LogP contribution in [0, 0.1) is 5.92 Å². The molecule has 0 saturated heterocycles. The molecule has 0 fully saturated rings. The van der Waals surface area contributed by atoms with Gasteiger partial charge >= 0.3 is 12.1 Å². The highest BCUT2D eigenvalue weighted by molar-refractivity contribution is 5.98. The van der Waals surface area contributed by atoms with E-state index in [4.69, 9.17) is 4.74 Å². The fourth-order valence-electron chi connectivity index (χ4n) is 2.04. The quantitative estimate of drug-likeness (QED) is 0.712. The highest BCUT2D eigenvalue weighted by atomic mass is 16.6. The average molecular weight is 364 g/mol. The van der Waals surface area contributed by atoms with Crippen molar-refractivity contribution in [3.8, 4) is 0 Å². The Morgan fingerprint density at radius 2 is 1.69 bits per heavy atom. The van der Waals surface area contributed by atoms with Gasteiger partial charge in [0.25, 0.3) is 11.8 Å². The van der Waals surface area contributed by atoms with Crippen LogP contribution in [0.1, 0.15) is 37.6 Å². The summed E-state index contributed by atoms with van der Waals surface area (Å²) in [6.07, 6.45) is -1.56. The molecule has 0 aliphatic heterocycles. The lowest BCUT2D eigenvalue weighted by molar-refractivity contribution is -0.157. The summed E-state index contributed by atoms with van der Waals surface area (Å²) >= 11 is 0. The van der Waals surface area contributed by atoms with Gasteiger partial charge in [-0.2, -0.15) is 0 Å². The zero-order valence-corrected chi connectivity index (χ0v) is 15.3. The molecule has 8 nitrogen and oxygen atoms in total. The van der Waals surface area contributed by atoms with Crippen LogP contribution in [-0.2, 0) is 19.1 Å². The third-order valence-corrected chi connectivity index (χ3v) is 3.86. The maximum Gasteiger partial charge on any atom is 0.413 e. The van der Waals surface area contributed by atoms with E-state index in [0.717, 1.165) is 7.11 Å². The second-order valence-electron chi connectivity index (χ2n) is 5.76. The zero-order valence-electron chi connectivity index (χ0n) is 15.3. The number of hydrogen-bond acceptors (Lipinski definition) is 6. The lowest BCUT2D eigenvalue weighted by Crippen LogP contribution is -2.48. The van der Waals surface area contributed by atoms with Crippen molar-refractivity contribution >= 4 is 23.9 Å². The molecule has 1 aromatic carbocycles. The molecule has 0 radical (unpaired) electrons. The lowest BCUT2D eigenvalue weighted by Gasteiger charge is -2.24. The van der Waals surface area contributed by atoms with Crippen molar-refractivity contribution < 1.29 is 28.7 Å². The van der Waals surface area contributed by atoms with Crippen molar-refractivity contribution in [2.75, 3.05) is 7.11 Å². The van der Waals surface area contributed by atoms with Crippen LogP contribution in [0.5, 0.6) is 0 Å². The van der Waals surface area contributed by atoms with E-state index in [1.807, 2.05) is 12.2 Å². The second-order valence-corrected chi connectivity index (χ2v) is 5.76. The molecule has 1 aromatic rings. The fraction of sp³-hybridized carbons (Fsp3) is 0.444. The summed E-state index contributed by atoms with van der Waals surface area (Å²) in [7, 11) is 1.11. The van der Waals surface area contributed by atoms with Crippen molar-refractivity contribution in [3.05, 3.63) is 35.9 Å². The van der Waals surface area contributed by atoms with Gasteiger partial charge in [-0.25, -0.2) is 9.59 Å². The van der Waals surface area contributed by atoms with Crippen LogP contribution in [0.2, 0.25) is 0 Å². The number of methoxy groups -OCH3 is 1.